The minimum atomic E-state index is -0.490. The minimum absolute atomic E-state index is 0.0536. The summed E-state index contributed by atoms with van der Waals surface area (Å²) in [5, 5.41) is 101. The average molecular weight is 581 g/mol. The van der Waals surface area contributed by atoms with Gasteiger partial charge in [0, 0.05) is 44.5 Å². The van der Waals surface area contributed by atoms with Crippen LogP contribution in [0.1, 0.15) is 55.6 Å². The van der Waals surface area contributed by atoms with Crippen molar-refractivity contribution in [3.8, 4) is 60.7 Å². The lowest BCUT2D eigenvalue weighted by atomic mass is 9.82. The molecule has 2 aliphatic rings. The Hall–Kier alpha value is -8.48. The second kappa shape index (κ2) is 11.4. The Morgan fingerprint density at radius 2 is 0.696 bits per heavy atom. The van der Waals surface area contributed by atoms with E-state index in [2.05, 4.69) is 0 Å². The molecule has 46 heavy (non-hydrogen) atoms. The van der Waals surface area contributed by atoms with Crippen LogP contribution in [0.3, 0.4) is 0 Å². The van der Waals surface area contributed by atoms with Crippen LogP contribution in [0.2, 0.25) is 0 Å². The van der Waals surface area contributed by atoms with Gasteiger partial charge in [0.2, 0.25) is 0 Å². The zero-order valence-electron chi connectivity index (χ0n) is 23.1. The number of allylic oxidation sites excluding steroid dienone is 8. The van der Waals surface area contributed by atoms with E-state index in [-0.39, 0.29) is 77.9 Å². The Balaban J connectivity index is 2.09. The summed E-state index contributed by atoms with van der Waals surface area (Å²) in [4.78, 5) is 0. The van der Waals surface area contributed by atoms with Gasteiger partial charge in [-0.2, -0.15) is 52.6 Å². The molecule has 3 aromatic rings. The van der Waals surface area contributed by atoms with E-state index in [1.165, 1.54) is 48.5 Å². The van der Waals surface area contributed by atoms with E-state index < -0.39 is 11.1 Å². The molecule has 202 valence electrons. The summed E-state index contributed by atoms with van der Waals surface area (Å²) in [5.74, 6) is 0. The van der Waals surface area contributed by atoms with E-state index in [0.717, 1.165) is 0 Å². The van der Waals surface area contributed by atoms with Crippen LogP contribution in [0.25, 0.3) is 33.4 Å². The lowest BCUT2D eigenvalue weighted by molar-refractivity contribution is 1.37. The Bertz CT molecular complexity index is 2340. The number of fused-ring (bicyclic) bond motifs is 2. The van der Waals surface area contributed by atoms with Gasteiger partial charge in [-0.25, -0.2) is 0 Å². The third-order valence-electron chi connectivity index (χ3n) is 7.50. The summed E-state index contributed by atoms with van der Waals surface area (Å²) in [6.45, 7) is 0. The first-order valence-electron chi connectivity index (χ1n) is 12.9. The lowest BCUT2D eigenvalue weighted by Gasteiger charge is -2.16. The molecular weight excluding hydrogens is 572 g/mol. The molecule has 0 bridgehead atoms. The molecule has 10 heteroatoms. The summed E-state index contributed by atoms with van der Waals surface area (Å²) >= 11 is 0. The highest BCUT2D eigenvalue weighted by Crippen LogP contribution is 2.57. The normalized spacial score (nSPS) is 11.9. The van der Waals surface area contributed by atoms with Gasteiger partial charge in [0.25, 0.3) is 0 Å². The fraction of sp³-hybridized carbons (Fsp3) is 0. The molecule has 10 nitrogen and oxygen atoms in total. The number of nitriles is 10. The van der Waals surface area contributed by atoms with E-state index in [9.17, 15) is 52.6 Å². The molecule has 0 N–H and O–H groups in total. The second-order valence-electron chi connectivity index (χ2n) is 9.52. The predicted octanol–water partition coefficient (Wildman–Crippen LogP) is 5.67. The molecule has 0 aliphatic heterocycles. The molecule has 0 unspecified atom stereocenters. The summed E-state index contributed by atoms with van der Waals surface area (Å²) in [5.41, 5.74) is -1.21. The molecule has 5 rings (SSSR count). The smallest absolute Gasteiger partial charge is 0.138 e. The molecule has 0 atom stereocenters. The highest BCUT2D eigenvalue weighted by molar-refractivity contribution is 6.32. The number of benzene rings is 3. The van der Waals surface area contributed by atoms with Crippen molar-refractivity contribution < 1.29 is 0 Å². The van der Waals surface area contributed by atoms with E-state index in [4.69, 9.17) is 0 Å². The van der Waals surface area contributed by atoms with Crippen LogP contribution in [-0.4, -0.2) is 0 Å². The third-order valence-corrected chi connectivity index (χ3v) is 7.50. The van der Waals surface area contributed by atoms with Gasteiger partial charge in [-0.15, -0.1) is 0 Å². The number of rotatable bonds is 2. The molecule has 2 aliphatic carbocycles. The summed E-state index contributed by atoms with van der Waals surface area (Å²) in [7, 11) is 0. The molecule has 0 spiro atoms. The monoisotopic (exact) mass is 580 g/mol. The minimum Gasteiger partial charge on any atom is -0.192 e. The van der Waals surface area contributed by atoms with Gasteiger partial charge in [-0.1, -0.05) is 24.3 Å². The fourth-order valence-corrected chi connectivity index (χ4v) is 5.72. The van der Waals surface area contributed by atoms with Crippen molar-refractivity contribution in [3.05, 3.63) is 115 Å². The van der Waals surface area contributed by atoms with Crippen molar-refractivity contribution in [3.63, 3.8) is 0 Å². The largest absolute Gasteiger partial charge is 0.192 e. The van der Waals surface area contributed by atoms with Crippen LogP contribution in [-0.2, 0) is 0 Å². The van der Waals surface area contributed by atoms with E-state index >= 15 is 0 Å². The molecule has 0 heterocycles. The zero-order chi connectivity index (χ0) is 33.1. The van der Waals surface area contributed by atoms with E-state index in [0.29, 0.717) is 11.1 Å². The van der Waals surface area contributed by atoms with Crippen LogP contribution in [0.15, 0.2) is 59.7 Å². The molecule has 3 aromatic carbocycles. The van der Waals surface area contributed by atoms with Gasteiger partial charge < -0.3 is 0 Å². The SMILES string of the molecule is N#CC(C#N)=C1C(c2ccc(C#N)cc2)=C(C#N)c2c(C#N)c3c(c(C#N)c21)C(=C(C#N)C#N)C(c1ccc(C#N)cc1)=C3C#N. The predicted molar refractivity (Wildman–Crippen MR) is 159 cm³/mol. The van der Waals surface area contributed by atoms with Crippen LogP contribution < -0.4 is 0 Å². The lowest BCUT2D eigenvalue weighted by Crippen LogP contribution is -2.05. The number of hydrogen-bond acceptors (Lipinski definition) is 10. The summed E-state index contributed by atoms with van der Waals surface area (Å²) in [6.07, 6.45) is 0. The topological polar surface area (TPSA) is 238 Å². The van der Waals surface area contributed by atoms with Crippen molar-refractivity contribution >= 4 is 33.4 Å². The number of nitrogens with zero attached hydrogens (tertiary/aromatic N) is 10. The van der Waals surface area contributed by atoms with Crippen LogP contribution in [0.4, 0.5) is 0 Å². The van der Waals surface area contributed by atoms with Crippen LogP contribution in [0.5, 0.6) is 0 Å². The second-order valence-corrected chi connectivity index (χ2v) is 9.52. The summed E-state index contributed by atoms with van der Waals surface area (Å²) < 4.78 is 0. The first-order valence-corrected chi connectivity index (χ1v) is 12.9. The van der Waals surface area contributed by atoms with Gasteiger partial charge in [0.15, 0.2) is 0 Å². The quantitative estimate of drug-likeness (QED) is 0.336. The zero-order valence-corrected chi connectivity index (χ0v) is 23.1. The first kappa shape index (κ1) is 29.0. The highest BCUT2D eigenvalue weighted by Gasteiger charge is 2.43. The van der Waals surface area contributed by atoms with Gasteiger partial charge in [-0.3, -0.25) is 0 Å². The highest BCUT2D eigenvalue weighted by atomic mass is 14.5. The van der Waals surface area contributed by atoms with Crippen LogP contribution in [0, 0.1) is 113 Å². The Morgan fingerprint density at radius 1 is 0.370 bits per heavy atom. The Kier molecular flexibility index (Phi) is 7.21. The molecule has 0 aromatic heterocycles. The fourth-order valence-electron chi connectivity index (χ4n) is 5.72. The van der Waals surface area contributed by atoms with Crippen molar-refractivity contribution in [2.45, 2.75) is 0 Å². The molecule has 0 amide bonds. The summed E-state index contributed by atoms with van der Waals surface area (Å²) in [6, 6.07) is 31.2. The van der Waals surface area contributed by atoms with Crippen molar-refractivity contribution in [1.82, 2.24) is 0 Å². The standard InChI is InChI=1S/C36H8N10/c37-9-19-1-5-21(6-2-19)29-25(15-43)33-27(17-45)34-26(16-44)30(22-7-3-20(10-38)4-8-22)32(24(13-41)14-42)36(34)28(18-46)35(33)31(29)23(11-39)12-40/h1-8H. The van der Waals surface area contributed by atoms with Gasteiger partial charge in [-0.05, 0) is 35.4 Å². The Morgan fingerprint density at radius 3 is 0.957 bits per heavy atom. The van der Waals surface area contributed by atoms with Crippen LogP contribution >= 0.6 is 0 Å². The molecular formula is C36H8N10. The maximum atomic E-state index is 10.7. The molecule has 0 saturated heterocycles. The van der Waals surface area contributed by atoms with Crippen molar-refractivity contribution in [1.29, 1.82) is 52.6 Å². The molecule has 0 saturated carbocycles. The Labute approximate surface area is 261 Å². The number of hydrogen-bond donors (Lipinski definition) is 0. The van der Waals surface area contributed by atoms with Crippen molar-refractivity contribution in [2.24, 2.45) is 0 Å². The average Bonchev–Trinajstić information content (AvgIpc) is 3.62. The van der Waals surface area contributed by atoms with Gasteiger partial charge in [0.1, 0.15) is 59.7 Å². The first-order chi connectivity index (χ1) is 22.4. The van der Waals surface area contributed by atoms with E-state index in [1.54, 1.807) is 24.3 Å². The van der Waals surface area contributed by atoms with E-state index in [1.807, 2.05) is 36.4 Å². The maximum Gasteiger partial charge on any atom is 0.138 e. The molecule has 0 fully saturated rings. The molecule has 0 radical (unpaired) electrons. The van der Waals surface area contributed by atoms with Gasteiger partial charge >= 0.3 is 0 Å². The third kappa shape index (κ3) is 3.95. The van der Waals surface area contributed by atoms with Crippen molar-refractivity contribution in [2.75, 3.05) is 0 Å². The maximum absolute atomic E-state index is 10.7. The van der Waals surface area contributed by atoms with Gasteiger partial charge in [0.05, 0.1) is 45.5 Å².